The minimum absolute atomic E-state index is 0.116. The van der Waals surface area contributed by atoms with Crippen LogP contribution in [0, 0.1) is 0 Å². The zero-order valence-corrected chi connectivity index (χ0v) is 45.0. The number of hydrogen-bond acceptors (Lipinski definition) is 2. The molecule has 0 amide bonds. The molecule has 2 aromatic heterocycles. The second kappa shape index (κ2) is 16.3. The summed E-state index contributed by atoms with van der Waals surface area (Å²) in [5.74, 6) is 0. The molecule has 3 nitrogen and oxygen atoms in total. The molecule has 0 atom stereocenters. The van der Waals surface area contributed by atoms with E-state index in [9.17, 15) is 0 Å². The fourth-order valence-corrected chi connectivity index (χ4v) is 14.0. The molecule has 16 rings (SSSR count). The molecule has 0 saturated carbocycles. The predicted molar refractivity (Wildman–Crippen MR) is 333 cm³/mol. The van der Waals surface area contributed by atoms with Crippen molar-refractivity contribution in [1.82, 2.24) is 4.48 Å². The molecule has 0 radical (unpaired) electrons. The molecule has 372 valence electrons. The second-order valence-corrected chi connectivity index (χ2v) is 24.4. The Bertz CT molecular complexity index is 4840. The van der Waals surface area contributed by atoms with Crippen molar-refractivity contribution >= 4 is 122 Å². The van der Waals surface area contributed by atoms with E-state index < -0.39 is 0 Å². The number of nitrogens with zero attached hydrogens (tertiary/aromatic N) is 2. The Morgan fingerprint density at radius 2 is 0.974 bits per heavy atom. The van der Waals surface area contributed by atoms with Crippen LogP contribution in [0.5, 0.6) is 0 Å². The van der Waals surface area contributed by atoms with Gasteiger partial charge in [-0.3, -0.25) is 0 Å². The van der Waals surface area contributed by atoms with Crippen molar-refractivity contribution in [1.29, 1.82) is 0 Å². The molecule has 12 aromatic carbocycles. The number of aromatic nitrogens is 1. The van der Waals surface area contributed by atoms with E-state index in [0.29, 0.717) is 0 Å². The quantitative estimate of drug-likeness (QED) is 0.127. The monoisotopic (exact) mass is 1000 g/mol. The normalized spacial score (nSPS) is 13.3. The smallest absolute Gasteiger partial charge is 0.333 e. The summed E-state index contributed by atoms with van der Waals surface area (Å²) >= 11 is 0. The van der Waals surface area contributed by atoms with E-state index in [2.05, 4.69) is 263 Å². The lowest BCUT2D eigenvalue weighted by atomic mass is 9.44. The van der Waals surface area contributed by atoms with Crippen LogP contribution in [0.25, 0.3) is 98.0 Å². The number of hydrogen-bond donors (Lipinski definition) is 0. The Kier molecular flexibility index (Phi) is 9.50. The van der Waals surface area contributed by atoms with Gasteiger partial charge in [0.1, 0.15) is 11.2 Å². The fourth-order valence-electron chi connectivity index (χ4n) is 14.0. The molecule has 0 spiro atoms. The van der Waals surface area contributed by atoms with E-state index in [0.717, 1.165) is 40.8 Å². The van der Waals surface area contributed by atoms with Crippen molar-refractivity contribution < 1.29 is 4.42 Å². The van der Waals surface area contributed by atoms with Crippen molar-refractivity contribution in [3.63, 3.8) is 0 Å². The molecule has 0 fully saturated rings. The van der Waals surface area contributed by atoms with Gasteiger partial charge in [-0.15, -0.1) is 0 Å². The summed E-state index contributed by atoms with van der Waals surface area (Å²) < 4.78 is 9.95. The van der Waals surface area contributed by atoms with Crippen LogP contribution in [0.15, 0.2) is 217 Å². The fraction of sp³-hybridized carbons (Fsp3) is 0.135. The molecule has 0 unspecified atom stereocenters. The van der Waals surface area contributed by atoms with Crippen LogP contribution in [0.1, 0.15) is 74.9 Å². The highest BCUT2D eigenvalue weighted by molar-refractivity contribution is 6.90. The number of rotatable bonds is 5. The van der Waals surface area contributed by atoms with Crippen LogP contribution in [0.2, 0.25) is 0 Å². The van der Waals surface area contributed by atoms with Crippen LogP contribution < -0.4 is 15.8 Å². The Balaban J connectivity index is 1.15. The molecule has 2 aliphatic rings. The van der Waals surface area contributed by atoms with E-state index in [-0.39, 0.29) is 17.7 Å². The van der Waals surface area contributed by atoms with Gasteiger partial charge < -0.3 is 13.8 Å². The highest BCUT2D eigenvalue weighted by Crippen LogP contribution is 2.53. The largest absolute Gasteiger partial charge is 0.456 e. The molecular formula is C74H57BN2O. The van der Waals surface area contributed by atoms with Crippen LogP contribution >= 0.6 is 0 Å². The first-order chi connectivity index (χ1) is 38.0. The second-order valence-electron chi connectivity index (χ2n) is 24.4. The Hall–Kier alpha value is -8.86. The zero-order chi connectivity index (χ0) is 52.3. The maximum absolute atomic E-state index is 7.18. The molecule has 4 heteroatoms. The Morgan fingerprint density at radius 1 is 0.423 bits per heavy atom. The van der Waals surface area contributed by atoms with Crippen molar-refractivity contribution in [3.8, 4) is 11.1 Å². The summed E-state index contributed by atoms with van der Waals surface area (Å²) in [6.45, 7) is 13.9. The highest BCUT2D eigenvalue weighted by atomic mass is 16.3. The van der Waals surface area contributed by atoms with E-state index in [1.165, 1.54) is 131 Å². The molecule has 0 saturated heterocycles. The predicted octanol–water partition coefficient (Wildman–Crippen LogP) is 18.5. The molecule has 14 aromatic rings. The maximum atomic E-state index is 7.18. The van der Waals surface area contributed by atoms with E-state index in [4.69, 9.17) is 4.42 Å². The van der Waals surface area contributed by atoms with Gasteiger partial charge in [0.15, 0.2) is 0 Å². The topological polar surface area (TPSA) is 21.3 Å². The van der Waals surface area contributed by atoms with Gasteiger partial charge >= 0.3 is 6.85 Å². The summed E-state index contributed by atoms with van der Waals surface area (Å²) in [6.07, 6.45) is 1.61. The first-order valence-corrected chi connectivity index (χ1v) is 27.9. The van der Waals surface area contributed by atoms with Crippen molar-refractivity contribution in [3.05, 3.63) is 246 Å². The lowest BCUT2D eigenvalue weighted by molar-refractivity contribution is 0.569. The van der Waals surface area contributed by atoms with Gasteiger partial charge in [-0.1, -0.05) is 211 Å². The lowest BCUT2D eigenvalue weighted by Gasteiger charge is -2.42. The van der Waals surface area contributed by atoms with Crippen molar-refractivity contribution in [2.45, 2.75) is 65.2 Å². The summed E-state index contributed by atoms with van der Waals surface area (Å²) in [5.41, 5.74) is 20.7. The third kappa shape index (κ3) is 6.53. The molecule has 0 aliphatic carbocycles. The minimum Gasteiger partial charge on any atom is -0.456 e. The maximum Gasteiger partial charge on any atom is 0.333 e. The molecule has 0 bridgehead atoms. The van der Waals surface area contributed by atoms with Gasteiger partial charge in [-0.25, -0.2) is 0 Å². The third-order valence-corrected chi connectivity index (χ3v) is 17.7. The molecule has 4 heterocycles. The van der Waals surface area contributed by atoms with Crippen molar-refractivity contribution in [2.24, 2.45) is 0 Å². The summed E-state index contributed by atoms with van der Waals surface area (Å²) in [7, 11) is 0. The minimum atomic E-state index is -0.208. The molecule has 0 N–H and O–H groups in total. The van der Waals surface area contributed by atoms with Crippen LogP contribution in [-0.2, 0) is 23.7 Å². The average Bonchev–Trinajstić information content (AvgIpc) is 2.03. The standard InChI is InChI=1S/C74H57BN2O/c1-73(2,3)48-38-49(74(4,5)6)40-50(39-48)76-63-42-59-57(36-45-23-11-8-12-24-45)54-30-18-17-29-53(54)56(35-44-21-9-7-10-22-44)58(59)41-61(63)75-71-64(76)43-66-68(55-31-19-20-32-65(55)78-66)69(71)60-37-47-26-14-16-28-52(47)70-67-51-27-15-13-25-46(51)33-34-62(67)77(75)72(60)70/h7-34,37-43H,35-36H2,1-6H3. The number of furan rings is 1. The third-order valence-electron chi connectivity index (χ3n) is 17.7. The van der Waals surface area contributed by atoms with Crippen LogP contribution in [-0.4, -0.2) is 11.3 Å². The Morgan fingerprint density at radius 3 is 1.62 bits per heavy atom. The number of benzene rings is 12. The summed E-state index contributed by atoms with van der Waals surface area (Å²) in [6, 6.07) is 80.6. The van der Waals surface area contributed by atoms with E-state index in [1.54, 1.807) is 0 Å². The number of para-hydroxylation sites is 1. The highest BCUT2D eigenvalue weighted by Gasteiger charge is 2.45. The van der Waals surface area contributed by atoms with Crippen LogP contribution in [0.3, 0.4) is 0 Å². The van der Waals surface area contributed by atoms with E-state index >= 15 is 0 Å². The van der Waals surface area contributed by atoms with Crippen molar-refractivity contribution in [2.75, 3.05) is 4.90 Å². The SMILES string of the molecule is CC(C)(C)c1cc(N2c3cc4c(Cc5ccccc5)c5ccccc5c(Cc5ccccc5)c4cc3B3c4c2cc2oc5ccccc5c2c4-c2cc4ccccc4c4c5c6ccccc6ccc5n3c24)cc(C(C)(C)C)c1. The Labute approximate surface area is 455 Å². The van der Waals surface area contributed by atoms with Gasteiger partial charge in [-0.05, 0) is 153 Å². The van der Waals surface area contributed by atoms with Gasteiger partial charge in [0.25, 0.3) is 0 Å². The van der Waals surface area contributed by atoms with Crippen LogP contribution in [0.4, 0.5) is 17.1 Å². The average molecular weight is 1000 g/mol. The first-order valence-electron chi connectivity index (χ1n) is 27.9. The van der Waals surface area contributed by atoms with Gasteiger partial charge in [0.2, 0.25) is 0 Å². The van der Waals surface area contributed by atoms with Gasteiger partial charge in [0, 0.05) is 61.3 Å². The number of anilines is 3. The summed E-state index contributed by atoms with van der Waals surface area (Å²) in [5, 5.41) is 15.2. The molecule has 78 heavy (non-hydrogen) atoms. The first kappa shape index (κ1) is 45.3. The molecular weight excluding hydrogens is 944 g/mol. The number of fused-ring (bicyclic) bond motifs is 17. The van der Waals surface area contributed by atoms with Gasteiger partial charge in [0.05, 0.1) is 0 Å². The van der Waals surface area contributed by atoms with E-state index in [1.807, 2.05) is 0 Å². The summed E-state index contributed by atoms with van der Waals surface area (Å²) in [4.78, 5) is 2.66. The lowest BCUT2D eigenvalue weighted by Crippen LogP contribution is -2.56. The van der Waals surface area contributed by atoms with Gasteiger partial charge in [-0.2, -0.15) is 0 Å². The zero-order valence-electron chi connectivity index (χ0n) is 45.0. The molecule has 2 aliphatic heterocycles.